The molecule has 0 spiro atoms. The highest BCUT2D eigenvalue weighted by molar-refractivity contribution is 7.22. The van der Waals surface area contributed by atoms with Crippen LogP contribution in [-0.4, -0.2) is 51.4 Å². The normalized spacial score (nSPS) is 15.0. The first-order chi connectivity index (χ1) is 13.2. The van der Waals surface area contributed by atoms with Crippen molar-refractivity contribution in [3.63, 3.8) is 0 Å². The number of carbonyl (C=O) groups is 1. The summed E-state index contributed by atoms with van der Waals surface area (Å²) in [6, 6.07) is 14.0. The van der Waals surface area contributed by atoms with Crippen LogP contribution in [0.3, 0.4) is 0 Å². The van der Waals surface area contributed by atoms with Crippen molar-refractivity contribution in [3.05, 3.63) is 60.0 Å². The number of thiazole rings is 1. The van der Waals surface area contributed by atoms with E-state index in [2.05, 4.69) is 16.0 Å². The number of hydrogen-bond donors (Lipinski definition) is 0. The molecular formula is C20H19N5OS. The van der Waals surface area contributed by atoms with E-state index >= 15 is 0 Å². The number of fused-ring (bicyclic) bond motifs is 2. The molecule has 1 aliphatic rings. The average Bonchev–Trinajstić information content (AvgIpc) is 3.27. The zero-order chi connectivity index (χ0) is 18.4. The number of anilines is 1. The molecule has 0 bridgehead atoms. The monoisotopic (exact) mass is 377 g/mol. The molecule has 0 unspecified atom stereocenters. The third-order valence-electron chi connectivity index (χ3n) is 5.03. The van der Waals surface area contributed by atoms with Gasteiger partial charge in [0.15, 0.2) is 5.13 Å². The highest BCUT2D eigenvalue weighted by Crippen LogP contribution is 2.29. The number of rotatable bonds is 2. The number of imidazole rings is 1. The Morgan fingerprint density at radius 3 is 2.59 bits per heavy atom. The first-order valence-electron chi connectivity index (χ1n) is 9.04. The minimum atomic E-state index is 0.0511. The van der Waals surface area contributed by atoms with Gasteiger partial charge < -0.3 is 9.80 Å². The van der Waals surface area contributed by atoms with Gasteiger partial charge in [0.05, 0.1) is 15.9 Å². The molecule has 4 heterocycles. The third kappa shape index (κ3) is 2.75. The van der Waals surface area contributed by atoms with E-state index < -0.39 is 0 Å². The Labute approximate surface area is 160 Å². The highest BCUT2D eigenvalue weighted by atomic mass is 32.1. The molecule has 1 amide bonds. The van der Waals surface area contributed by atoms with Gasteiger partial charge in [-0.1, -0.05) is 29.5 Å². The summed E-state index contributed by atoms with van der Waals surface area (Å²) in [5, 5.41) is 1.04. The molecule has 0 aliphatic carbocycles. The predicted octanol–water partition coefficient (Wildman–Crippen LogP) is 3.21. The fourth-order valence-corrected chi connectivity index (χ4v) is 4.63. The second-order valence-corrected chi connectivity index (χ2v) is 7.73. The Bertz CT molecular complexity index is 1110. The molecule has 0 atom stereocenters. The Balaban J connectivity index is 1.35. The van der Waals surface area contributed by atoms with Crippen molar-refractivity contribution in [2.24, 2.45) is 0 Å². The summed E-state index contributed by atoms with van der Waals surface area (Å²) >= 11 is 1.71. The zero-order valence-electron chi connectivity index (χ0n) is 15.0. The maximum atomic E-state index is 13.1. The summed E-state index contributed by atoms with van der Waals surface area (Å²) in [6.07, 6.45) is 1.90. The van der Waals surface area contributed by atoms with E-state index in [0.717, 1.165) is 35.1 Å². The second-order valence-electron chi connectivity index (χ2n) is 6.72. The summed E-state index contributed by atoms with van der Waals surface area (Å²) in [5.74, 6) is 0.0511. The Morgan fingerprint density at radius 1 is 1.00 bits per heavy atom. The molecule has 1 aliphatic heterocycles. The minimum absolute atomic E-state index is 0.0511. The molecule has 136 valence electrons. The van der Waals surface area contributed by atoms with Crippen LogP contribution in [0.2, 0.25) is 0 Å². The van der Waals surface area contributed by atoms with E-state index in [9.17, 15) is 4.79 Å². The lowest BCUT2D eigenvalue weighted by atomic mass is 10.2. The summed E-state index contributed by atoms with van der Waals surface area (Å²) < 4.78 is 3.09. The van der Waals surface area contributed by atoms with Gasteiger partial charge in [-0.15, -0.1) is 0 Å². The fourth-order valence-electron chi connectivity index (χ4n) is 3.62. The number of piperazine rings is 1. The number of para-hydroxylation sites is 1. The number of hydrogen-bond acceptors (Lipinski definition) is 5. The molecule has 0 N–H and O–H groups in total. The van der Waals surface area contributed by atoms with E-state index in [1.165, 1.54) is 4.70 Å². The van der Waals surface area contributed by atoms with Gasteiger partial charge in [-0.2, -0.15) is 0 Å². The summed E-state index contributed by atoms with van der Waals surface area (Å²) in [7, 11) is 0. The highest BCUT2D eigenvalue weighted by Gasteiger charge is 2.27. The van der Waals surface area contributed by atoms with Crippen LogP contribution in [0.1, 0.15) is 16.2 Å². The molecule has 5 rings (SSSR count). The van der Waals surface area contributed by atoms with Crippen molar-refractivity contribution in [1.29, 1.82) is 0 Å². The first kappa shape index (κ1) is 16.3. The largest absolute Gasteiger partial charge is 0.345 e. The van der Waals surface area contributed by atoms with Crippen molar-refractivity contribution >= 4 is 38.2 Å². The maximum Gasteiger partial charge on any atom is 0.272 e. The van der Waals surface area contributed by atoms with Crippen molar-refractivity contribution in [2.75, 3.05) is 31.1 Å². The number of amides is 1. The lowest BCUT2D eigenvalue weighted by Gasteiger charge is -2.34. The Morgan fingerprint density at radius 2 is 1.78 bits per heavy atom. The number of aromatic nitrogens is 3. The van der Waals surface area contributed by atoms with Crippen molar-refractivity contribution in [3.8, 4) is 0 Å². The first-order valence-corrected chi connectivity index (χ1v) is 9.86. The number of aryl methyl sites for hydroxylation is 1. The van der Waals surface area contributed by atoms with Crippen LogP contribution in [0.4, 0.5) is 5.13 Å². The smallest absolute Gasteiger partial charge is 0.272 e. The third-order valence-corrected chi connectivity index (χ3v) is 6.12. The predicted molar refractivity (Wildman–Crippen MR) is 108 cm³/mol. The van der Waals surface area contributed by atoms with Gasteiger partial charge >= 0.3 is 0 Å². The molecule has 7 heteroatoms. The lowest BCUT2D eigenvalue weighted by Crippen LogP contribution is -2.49. The van der Waals surface area contributed by atoms with Crippen LogP contribution in [0, 0.1) is 6.92 Å². The van der Waals surface area contributed by atoms with E-state index in [1.807, 2.05) is 58.8 Å². The molecule has 6 nitrogen and oxygen atoms in total. The molecule has 3 aromatic heterocycles. The van der Waals surface area contributed by atoms with Crippen LogP contribution in [0.15, 0.2) is 48.7 Å². The number of nitrogens with zero attached hydrogens (tertiary/aromatic N) is 5. The Kier molecular flexibility index (Phi) is 3.82. The Hall–Kier alpha value is -2.93. The van der Waals surface area contributed by atoms with Gasteiger partial charge in [0.25, 0.3) is 5.91 Å². The lowest BCUT2D eigenvalue weighted by molar-refractivity contribution is 0.0739. The summed E-state index contributed by atoms with van der Waals surface area (Å²) in [4.78, 5) is 26.6. The fraction of sp³-hybridized carbons (Fsp3) is 0.250. The van der Waals surface area contributed by atoms with Gasteiger partial charge in [-0.05, 0) is 31.2 Å². The van der Waals surface area contributed by atoms with E-state index in [0.29, 0.717) is 18.8 Å². The van der Waals surface area contributed by atoms with Gasteiger partial charge in [0.2, 0.25) is 0 Å². The molecule has 4 aromatic rings. The molecule has 0 radical (unpaired) electrons. The molecule has 0 saturated carbocycles. The quantitative estimate of drug-likeness (QED) is 0.538. The average molecular weight is 377 g/mol. The number of pyridine rings is 1. The van der Waals surface area contributed by atoms with Crippen LogP contribution >= 0.6 is 11.3 Å². The van der Waals surface area contributed by atoms with Crippen molar-refractivity contribution in [2.45, 2.75) is 6.92 Å². The van der Waals surface area contributed by atoms with Gasteiger partial charge in [0, 0.05) is 32.4 Å². The summed E-state index contributed by atoms with van der Waals surface area (Å²) in [5.41, 5.74) is 3.29. The van der Waals surface area contributed by atoms with E-state index in [-0.39, 0.29) is 5.91 Å². The van der Waals surface area contributed by atoms with Crippen molar-refractivity contribution < 1.29 is 4.79 Å². The van der Waals surface area contributed by atoms with Gasteiger partial charge in [-0.3, -0.25) is 9.20 Å². The SMILES string of the molecule is Cc1nc2ccccn2c1C(=O)N1CCN(c2nc3ccccc3s2)CC1. The van der Waals surface area contributed by atoms with E-state index in [1.54, 1.807) is 11.3 Å². The molecule has 1 fully saturated rings. The maximum absolute atomic E-state index is 13.1. The van der Waals surface area contributed by atoms with Crippen LogP contribution in [0.5, 0.6) is 0 Å². The molecule has 27 heavy (non-hydrogen) atoms. The van der Waals surface area contributed by atoms with Crippen LogP contribution < -0.4 is 4.90 Å². The van der Waals surface area contributed by atoms with Crippen molar-refractivity contribution in [1.82, 2.24) is 19.3 Å². The molecule has 1 aromatic carbocycles. The second kappa shape index (κ2) is 6.35. The number of benzene rings is 1. The topological polar surface area (TPSA) is 53.7 Å². The molecule has 1 saturated heterocycles. The van der Waals surface area contributed by atoms with Gasteiger partial charge in [-0.25, -0.2) is 9.97 Å². The molecular weight excluding hydrogens is 358 g/mol. The number of carbonyl (C=O) groups excluding carboxylic acids is 1. The van der Waals surface area contributed by atoms with Crippen LogP contribution in [-0.2, 0) is 0 Å². The van der Waals surface area contributed by atoms with E-state index in [4.69, 9.17) is 4.98 Å². The zero-order valence-corrected chi connectivity index (χ0v) is 15.8. The summed E-state index contributed by atoms with van der Waals surface area (Å²) in [6.45, 7) is 4.86. The standard InChI is InChI=1S/C20H19N5OS/c1-14-18(25-9-5-4-8-17(25)21-14)19(26)23-10-12-24(13-11-23)20-22-15-6-2-3-7-16(15)27-20/h2-9H,10-13H2,1H3. The van der Waals surface area contributed by atoms with Gasteiger partial charge in [0.1, 0.15) is 11.3 Å². The van der Waals surface area contributed by atoms with Crippen LogP contribution in [0.25, 0.3) is 15.9 Å². The minimum Gasteiger partial charge on any atom is -0.345 e.